The van der Waals surface area contributed by atoms with Crippen LogP contribution in [0.25, 0.3) is 0 Å². The molecule has 1 radical (unpaired) electrons. The highest BCUT2D eigenvalue weighted by Crippen LogP contribution is 2.14. The molecule has 10 heavy (non-hydrogen) atoms. The second-order valence-electron chi connectivity index (χ2n) is 2.04. The van der Waals surface area contributed by atoms with Crippen LogP contribution in [0.1, 0.15) is 19.5 Å². The van der Waals surface area contributed by atoms with Gasteiger partial charge in [-0.3, -0.25) is 4.68 Å². The molecule has 0 unspecified atom stereocenters. The summed E-state index contributed by atoms with van der Waals surface area (Å²) in [6.45, 7) is 4.96. The largest absolute Gasteiger partial charge is 0.268 e. The zero-order valence-corrected chi connectivity index (χ0v) is 6.94. The minimum atomic E-state index is 0.657. The van der Waals surface area contributed by atoms with E-state index in [0.717, 1.165) is 18.7 Å². The monoisotopic (exact) mass is 157 g/mol. The predicted molar refractivity (Wildman–Crippen MR) is 41.1 cm³/mol. The molecule has 1 rings (SSSR count). The van der Waals surface area contributed by atoms with Gasteiger partial charge in [0.1, 0.15) is 6.20 Å². The van der Waals surface area contributed by atoms with Gasteiger partial charge in [-0.2, -0.15) is 5.10 Å². The van der Waals surface area contributed by atoms with Crippen LogP contribution in [0.2, 0.25) is 5.02 Å². The van der Waals surface area contributed by atoms with Crippen molar-refractivity contribution in [2.75, 3.05) is 0 Å². The Labute approximate surface area is 65.8 Å². The lowest BCUT2D eigenvalue weighted by molar-refractivity contribution is 0.625. The number of hydrogen-bond donors (Lipinski definition) is 0. The Kier molecular flexibility index (Phi) is 2.33. The van der Waals surface area contributed by atoms with Crippen LogP contribution in [0.3, 0.4) is 0 Å². The summed E-state index contributed by atoms with van der Waals surface area (Å²) in [4.78, 5) is 0. The Bertz CT molecular complexity index is 217. The molecule has 0 fully saturated rings. The van der Waals surface area contributed by atoms with Crippen molar-refractivity contribution in [3.05, 3.63) is 16.9 Å². The number of hydrogen-bond acceptors (Lipinski definition) is 1. The average molecular weight is 158 g/mol. The molecule has 0 saturated heterocycles. The van der Waals surface area contributed by atoms with Crippen molar-refractivity contribution < 1.29 is 0 Å². The van der Waals surface area contributed by atoms with Gasteiger partial charge in [-0.25, -0.2) is 0 Å². The molecule has 0 aliphatic rings. The van der Waals surface area contributed by atoms with Crippen molar-refractivity contribution in [2.24, 2.45) is 0 Å². The lowest BCUT2D eigenvalue weighted by atomic mass is 10.3. The molecule has 1 aromatic heterocycles. The van der Waals surface area contributed by atoms with Gasteiger partial charge < -0.3 is 0 Å². The van der Waals surface area contributed by atoms with Crippen molar-refractivity contribution in [1.82, 2.24) is 9.78 Å². The molecule has 55 valence electrons. The highest BCUT2D eigenvalue weighted by molar-refractivity contribution is 6.31. The summed E-state index contributed by atoms with van der Waals surface area (Å²) in [6, 6.07) is 0. The van der Waals surface area contributed by atoms with Gasteiger partial charge >= 0.3 is 0 Å². The number of aromatic nitrogens is 2. The number of rotatable bonds is 2. The van der Waals surface area contributed by atoms with Gasteiger partial charge in [0.15, 0.2) is 0 Å². The lowest BCUT2D eigenvalue weighted by Gasteiger charge is -1.99. The van der Waals surface area contributed by atoms with E-state index in [9.17, 15) is 0 Å². The highest BCUT2D eigenvalue weighted by atomic mass is 35.5. The molecule has 2 nitrogen and oxygen atoms in total. The topological polar surface area (TPSA) is 17.8 Å². The van der Waals surface area contributed by atoms with Crippen molar-refractivity contribution in [3.63, 3.8) is 0 Å². The van der Waals surface area contributed by atoms with Crippen LogP contribution < -0.4 is 0 Å². The van der Waals surface area contributed by atoms with Gasteiger partial charge in [0.2, 0.25) is 0 Å². The van der Waals surface area contributed by atoms with E-state index in [1.165, 1.54) is 0 Å². The van der Waals surface area contributed by atoms with Gasteiger partial charge in [0.25, 0.3) is 0 Å². The summed E-state index contributed by atoms with van der Waals surface area (Å²) in [5.41, 5.74) is 1.07. The van der Waals surface area contributed by atoms with E-state index < -0.39 is 0 Å². The fourth-order valence-corrected chi connectivity index (χ4v) is 1.21. The van der Waals surface area contributed by atoms with Crippen LogP contribution >= 0.6 is 11.6 Å². The number of halogens is 1. The highest BCUT2D eigenvalue weighted by Gasteiger charge is 2.04. The predicted octanol–water partition coefficient (Wildman–Crippen LogP) is 1.92. The summed E-state index contributed by atoms with van der Waals surface area (Å²) in [5, 5.41) is 4.62. The maximum Gasteiger partial charge on any atom is 0.133 e. The molecule has 0 aromatic carbocycles. The Morgan fingerprint density at radius 1 is 1.60 bits per heavy atom. The van der Waals surface area contributed by atoms with Crippen LogP contribution in [0, 0.1) is 6.20 Å². The van der Waals surface area contributed by atoms with Gasteiger partial charge in [-0.05, 0) is 13.3 Å². The van der Waals surface area contributed by atoms with Crippen molar-refractivity contribution >= 4 is 11.6 Å². The third kappa shape index (κ3) is 1.16. The van der Waals surface area contributed by atoms with E-state index in [1.54, 1.807) is 0 Å². The molecular formula is C7H10ClN2. The summed E-state index contributed by atoms with van der Waals surface area (Å²) in [7, 11) is 0. The molecule has 1 aromatic rings. The fourth-order valence-electron chi connectivity index (χ4n) is 0.942. The van der Waals surface area contributed by atoms with Crippen molar-refractivity contribution in [1.29, 1.82) is 0 Å². The molecule has 0 amide bonds. The summed E-state index contributed by atoms with van der Waals surface area (Å²) < 4.78 is 1.86. The zero-order chi connectivity index (χ0) is 7.56. The first-order valence-electron chi connectivity index (χ1n) is 3.42. The quantitative estimate of drug-likeness (QED) is 0.642. The summed E-state index contributed by atoms with van der Waals surface area (Å²) >= 11 is 5.78. The first-order valence-corrected chi connectivity index (χ1v) is 3.80. The SMILES string of the molecule is CCc1c(Cl)[c]nn1CC. The van der Waals surface area contributed by atoms with E-state index in [0.29, 0.717) is 5.02 Å². The minimum Gasteiger partial charge on any atom is -0.268 e. The molecule has 0 spiro atoms. The van der Waals surface area contributed by atoms with Crippen LogP contribution in [0.4, 0.5) is 0 Å². The van der Waals surface area contributed by atoms with Crippen LogP contribution in [0.5, 0.6) is 0 Å². The van der Waals surface area contributed by atoms with Gasteiger partial charge in [0, 0.05) is 6.54 Å². The van der Waals surface area contributed by atoms with Gasteiger partial charge in [-0.1, -0.05) is 18.5 Å². The zero-order valence-electron chi connectivity index (χ0n) is 6.19. The molecular weight excluding hydrogens is 148 g/mol. The summed E-state index contributed by atoms with van der Waals surface area (Å²) in [6.07, 6.45) is 3.64. The van der Waals surface area contributed by atoms with Crippen molar-refractivity contribution in [2.45, 2.75) is 26.8 Å². The Morgan fingerprint density at radius 3 is 2.70 bits per heavy atom. The normalized spacial score (nSPS) is 10.3. The van der Waals surface area contributed by atoms with E-state index >= 15 is 0 Å². The van der Waals surface area contributed by atoms with Crippen molar-refractivity contribution in [3.8, 4) is 0 Å². The maximum absolute atomic E-state index is 5.78. The van der Waals surface area contributed by atoms with Crippen LogP contribution in [0.15, 0.2) is 0 Å². The molecule has 0 saturated carbocycles. The van der Waals surface area contributed by atoms with E-state index in [2.05, 4.69) is 18.2 Å². The van der Waals surface area contributed by atoms with E-state index in [-0.39, 0.29) is 0 Å². The number of nitrogens with zero attached hydrogens (tertiary/aromatic N) is 2. The third-order valence-corrected chi connectivity index (χ3v) is 1.77. The molecule has 1 heterocycles. The molecule has 3 heteroatoms. The van der Waals surface area contributed by atoms with Gasteiger partial charge in [0.05, 0.1) is 10.7 Å². The molecule has 0 bridgehead atoms. The lowest BCUT2D eigenvalue weighted by Crippen LogP contribution is -2.00. The fraction of sp³-hybridized carbons (Fsp3) is 0.571. The maximum atomic E-state index is 5.78. The van der Waals surface area contributed by atoms with Crippen LogP contribution in [-0.2, 0) is 13.0 Å². The average Bonchev–Trinajstić information content (AvgIpc) is 2.30. The Morgan fingerprint density at radius 2 is 2.30 bits per heavy atom. The smallest absolute Gasteiger partial charge is 0.133 e. The summed E-state index contributed by atoms with van der Waals surface area (Å²) in [5.74, 6) is 0. The third-order valence-electron chi connectivity index (χ3n) is 1.47. The minimum absolute atomic E-state index is 0.657. The van der Waals surface area contributed by atoms with Crippen LogP contribution in [-0.4, -0.2) is 9.78 Å². The first kappa shape index (κ1) is 7.61. The molecule has 0 aliphatic carbocycles. The molecule has 0 aliphatic heterocycles. The Balaban J connectivity index is 3.01. The van der Waals surface area contributed by atoms with E-state index in [1.807, 2.05) is 11.6 Å². The molecule has 0 N–H and O–H groups in total. The van der Waals surface area contributed by atoms with E-state index in [4.69, 9.17) is 11.6 Å². The molecule has 0 atom stereocenters. The Hall–Kier alpha value is -0.500. The standard InChI is InChI=1S/C7H10ClN2/c1-3-7-6(8)5-9-10(7)4-2/h3-4H2,1-2H3. The number of aryl methyl sites for hydroxylation is 1. The first-order chi connectivity index (χ1) is 4.79. The second-order valence-corrected chi connectivity index (χ2v) is 2.42. The van der Waals surface area contributed by atoms with Gasteiger partial charge in [-0.15, -0.1) is 0 Å². The second kappa shape index (κ2) is 3.06.